The molecule has 0 fully saturated rings. The van der Waals surface area contributed by atoms with E-state index in [1.54, 1.807) is 24.3 Å². The van der Waals surface area contributed by atoms with Crippen molar-refractivity contribution < 1.29 is 14.4 Å². The predicted octanol–water partition coefficient (Wildman–Crippen LogP) is 2.53. The van der Waals surface area contributed by atoms with Crippen molar-refractivity contribution in [2.75, 3.05) is 19.6 Å². The van der Waals surface area contributed by atoms with Crippen LogP contribution in [0.4, 0.5) is 0 Å². The van der Waals surface area contributed by atoms with Crippen molar-refractivity contribution in [2.45, 2.75) is 26.3 Å². The van der Waals surface area contributed by atoms with Crippen LogP contribution in [0.25, 0.3) is 0 Å². The average molecular weight is 381 g/mol. The Balaban J connectivity index is 2.14. The first-order chi connectivity index (χ1) is 13.5. The second-order valence-corrected chi connectivity index (χ2v) is 6.37. The molecule has 2 rings (SSSR count). The molecule has 0 bridgehead atoms. The van der Waals surface area contributed by atoms with Crippen LogP contribution < -0.4 is 10.6 Å². The summed E-state index contributed by atoms with van der Waals surface area (Å²) in [5, 5.41) is 5.65. The smallest absolute Gasteiger partial charge is 0.251 e. The summed E-state index contributed by atoms with van der Waals surface area (Å²) in [7, 11) is 0. The summed E-state index contributed by atoms with van der Waals surface area (Å²) >= 11 is 0. The van der Waals surface area contributed by atoms with Crippen molar-refractivity contribution in [3.05, 3.63) is 71.8 Å². The lowest BCUT2D eigenvalue weighted by molar-refractivity contribution is -0.136. The second kappa shape index (κ2) is 10.9. The molecule has 2 aromatic rings. The van der Waals surface area contributed by atoms with E-state index in [4.69, 9.17) is 0 Å². The van der Waals surface area contributed by atoms with E-state index in [1.165, 1.54) is 4.90 Å². The second-order valence-electron chi connectivity index (χ2n) is 6.37. The summed E-state index contributed by atoms with van der Waals surface area (Å²) in [5.74, 6) is -0.618. The summed E-state index contributed by atoms with van der Waals surface area (Å²) in [6.45, 7) is 4.61. The van der Waals surface area contributed by atoms with Crippen molar-refractivity contribution in [2.24, 2.45) is 0 Å². The van der Waals surface area contributed by atoms with E-state index >= 15 is 0 Å². The molecule has 0 aliphatic rings. The molecule has 0 saturated carbocycles. The van der Waals surface area contributed by atoms with Crippen molar-refractivity contribution in [1.82, 2.24) is 15.5 Å². The van der Waals surface area contributed by atoms with Gasteiger partial charge in [-0.3, -0.25) is 14.4 Å². The molecule has 0 aromatic heterocycles. The Bertz CT molecular complexity index is 778. The van der Waals surface area contributed by atoms with Gasteiger partial charge >= 0.3 is 0 Å². The standard InChI is InChI=1S/C22H27N3O3/c1-3-23-20(26)16-25(4-2)21(27)15-19(17-11-7-5-8-12-17)24-22(28)18-13-9-6-10-14-18/h5-14,19H,3-4,15-16H2,1-2H3,(H,23,26)(H,24,28). The van der Waals surface area contributed by atoms with Gasteiger partial charge in [-0.2, -0.15) is 0 Å². The Hall–Kier alpha value is -3.15. The van der Waals surface area contributed by atoms with Gasteiger partial charge < -0.3 is 15.5 Å². The Morgan fingerprint density at radius 1 is 0.929 bits per heavy atom. The number of rotatable bonds is 9. The van der Waals surface area contributed by atoms with Gasteiger partial charge in [0.1, 0.15) is 0 Å². The molecule has 0 heterocycles. The lowest BCUT2D eigenvalue weighted by atomic mass is 10.0. The van der Waals surface area contributed by atoms with Gasteiger partial charge in [-0.15, -0.1) is 0 Å². The molecule has 148 valence electrons. The zero-order valence-corrected chi connectivity index (χ0v) is 16.4. The zero-order valence-electron chi connectivity index (χ0n) is 16.4. The number of carbonyl (C=O) groups excluding carboxylic acids is 3. The molecule has 28 heavy (non-hydrogen) atoms. The van der Waals surface area contributed by atoms with Gasteiger partial charge in [-0.05, 0) is 31.5 Å². The first-order valence-electron chi connectivity index (χ1n) is 9.50. The maximum atomic E-state index is 12.8. The summed E-state index contributed by atoms with van der Waals surface area (Å²) in [5.41, 5.74) is 1.37. The molecule has 3 amide bonds. The number of hydrogen-bond donors (Lipinski definition) is 2. The molecule has 6 nitrogen and oxygen atoms in total. The number of benzene rings is 2. The normalized spacial score (nSPS) is 11.4. The highest BCUT2D eigenvalue weighted by Crippen LogP contribution is 2.19. The first-order valence-corrected chi connectivity index (χ1v) is 9.50. The minimum Gasteiger partial charge on any atom is -0.355 e. The fraction of sp³-hybridized carbons (Fsp3) is 0.318. The maximum absolute atomic E-state index is 12.8. The number of likely N-dealkylation sites (N-methyl/N-ethyl adjacent to an activating group) is 2. The molecular formula is C22H27N3O3. The van der Waals surface area contributed by atoms with Crippen LogP contribution in [0.15, 0.2) is 60.7 Å². The van der Waals surface area contributed by atoms with Crippen LogP contribution in [-0.4, -0.2) is 42.3 Å². The molecule has 2 N–H and O–H groups in total. The van der Waals surface area contributed by atoms with Gasteiger partial charge in [0.05, 0.1) is 19.0 Å². The van der Waals surface area contributed by atoms with Crippen LogP contribution >= 0.6 is 0 Å². The van der Waals surface area contributed by atoms with Crippen molar-refractivity contribution in [3.8, 4) is 0 Å². The van der Waals surface area contributed by atoms with Gasteiger partial charge in [-0.1, -0.05) is 48.5 Å². The number of hydrogen-bond acceptors (Lipinski definition) is 3. The van der Waals surface area contributed by atoms with Crippen LogP contribution in [0, 0.1) is 0 Å². The van der Waals surface area contributed by atoms with E-state index in [1.807, 2.05) is 50.2 Å². The molecule has 1 atom stereocenters. The van der Waals surface area contributed by atoms with Gasteiger partial charge in [0.15, 0.2) is 0 Å². The number of carbonyl (C=O) groups is 3. The van der Waals surface area contributed by atoms with Crippen LogP contribution in [0.3, 0.4) is 0 Å². The Morgan fingerprint density at radius 2 is 1.54 bits per heavy atom. The Labute approximate surface area is 165 Å². The van der Waals surface area contributed by atoms with Crippen molar-refractivity contribution >= 4 is 17.7 Å². The highest BCUT2D eigenvalue weighted by molar-refractivity contribution is 5.94. The zero-order chi connectivity index (χ0) is 20.4. The molecule has 0 aliphatic heterocycles. The Morgan fingerprint density at radius 3 is 2.11 bits per heavy atom. The number of amides is 3. The largest absolute Gasteiger partial charge is 0.355 e. The van der Waals surface area contributed by atoms with Gasteiger partial charge in [0, 0.05) is 18.7 Å². The molecule has 0 aliphatic carbocycles. The van der Waals surface area contributed by atoms with Crippen LogP contribution in [0.1, 0.15) is 42.2 Å². The first kappa shape index (κ1) is 21.2. The van der Waals surface area contributed by atoms with Crippen molar-refractivity contribution in [3.63, 3.8) is 0 Å². The third kappa shape index (κ3) is 6.23. The SMILES string of the molecule is CCNC(=O)CN(CC)C(=O)CC(NC(=O)c1ccccc1)c1ccccc1. The molecule has 0 spiro atoms. The van der Waals surface area contributed by atoms with E-state index in [0.29, 0.717) is 18.7 Å². The van der Waals surface area contributed by atoms with Gasteiger partial charge in [-0.25, -0.2) is 0 Å². The lowest BCUT2D eigenvalue weighted by Crippen LogP contribution is -2.42. The van der Waals surface area contributed by atoms with Crippen LogP contribution in [-0.2, 0) is 9.59 Å². The third-order valence-corrected chi connectivity index (χ3v) is 4.36. The van der Waals surface area contributed by atoms with Crippen LogP contribution in [0.5, 0.6) is 0 Å². The maximum Gasteiger partial charge on any atom is 0.251 e. The van der Waals surface area contributed by atoms with Crippen LogP contribution in [0.2, 0.25) is 0 Å². The minimum absolute atomic E-state index is 0.0112. The van der Waals surface area contributed by atoms with E-state index in [-0.39, 0.29) is 30.7 Å². The molecule has 0 radical (unpaired) electrons. The number of nitrogens with one attached hydrogen (secondary N) is 2. The van der Waals surface area contributed by atoms with E-state index in [9.17, 15) is 14.4 Å². The van der Waals surface area contributed by atoms with E-state index < -0.39 is 6.04 Å². The summed E-state index contributed by atoms with van der Waals surface area (Å²) in [6.07, 6.45) is 0.0792. The fourth-order valence-electron chi connectivity index (χ4n) is 2.88. The van der Waals surface area contributed by atoms with E-state index in [0.717, 1.165) is 5.56 Å². The highest BCUT2D eigenvalue weighted by Gasteiger charge is 2.23. The highest BCUT2D eigenvalue weighted by atomic mass is 16.2. The molecular weight excluding hydrogens is 354 g/mol. The summed E-state index contributed by atoms with van der Waals surface area (Å²) in [6, 6.07) is 17.8. The van der Waals surface area contributed by atoms with Gasteiger partial charge in [0.2, 0.25) is 11.8 Å². The van der Waals surface area contributed by atoms with E-state index in [2.05, 4.69) is 10.6 Å². The molecule has 2 aromatic carbocycles. The molecule has 0 saturated heterocycles. The minimum atomic E-state index is -0.482. The number of nitrogens with zero attached hydrogens (tertiary/aromatic N) is 1. The predicted molar refractivity (Wildman–Crippen MR) is 109 cm³/mol. The van der Waals surface area contributed by atoms with Gasteiger partial charge in [0.25, 0.3) is 5.91 Å². The Kier molecular flexibility index (Phi) is 8.21. The van der Waals surface area contributed by atoms with Crippen molar-refractivity contribution in [1.29, 1.82) is 0 Å². The topological polar surface area (TPSA) is 78.5 Å². The molecule has 1 unspecified atom stereocenters. The quantitative estimate of drug-likeness (QED) is 0.701. The molecule has 6 heteroatoms. The average Bonchev–Trinajstić information content (AvgIpc) is 2.72. The summed E-state index contributed by atoms with van der Waals surface area (Å²) in [4.78, 5) is 38.8. The fourth-order valence-corrected chi connectivity index (χ4v) is 2.88. The summed E-state index contributed by atoms with van der Waals surface area (Å²) < 4.78 is 0. The monoisotopic (exact) mass is 381 g/mol. The lowest BCUT2D eigenvalue weighted by Gasteiger charge is -2.24. The third-order valence-electron chi connectivity index (χ3n) is 4.36.